The van der Waals surface area contributed by atoms with Gasteiger partial charge < -0.3 is 57.5 Å². The molecular weight excluding hydrogens is 999 g/mol. The van der Waals surface area contributed by atoms with Gasteiger partial charge in [-0.3, -0.25) is 0 Å². The van der Waals surface area contributed by atoms with Gasteiger partial charge in [0.1, 0.15) is 34.5 Å². The topological polar surface area (TPSA) is 81.5 Å². The van der Waals surface area contributed by atoms with Gasteiger partial charge in [0.05, 0.1) is 42.7 Å². The minimum absolute atomic E-state index is 0. The summed E-state index contributed by atoms with van der Waals surface area (Å²) in [5.74, 6) is 5.18. The van der Waals surface area contributed by atoms with Crippen molar-refractivity contribution in [2.45, 2.75) is 38.5 Å². The number of hydrogen-bond donors (Lipinski definition) is 0. The number of benzene rings is 6. The van der Waals surface area contributed by atoms with Gasteiger partial charge in [0, 0.05) is 38.5 Å². The van der Waals surface area contributed by atoms with Crippen LogP contribution < -0.4 is 28.4 Å². The van der Waals surface area contributed by atoms with Gasteiger partial charge in [-0.1, -0.05) is 72.8 Å². The van der Waals surface area contributed by atoms with E-state index in [-0.39, 0.29) is 20.1 Å². The quantitative estimate of drug-likeness (QED) is 0.0798. The molecule has 6 aromatic carbocycles. The van der Waals surface area contributed by atoms with E-state index < -0.39 is 0 Å². The van der Waals surface area contributed by atoms with Crippen LogP contribution in [-0.2, 0) is 58.6 Å². The monoisotopic (exact) mass is 1060 g/mol. The first kappa shape index (κ1) is 64.7. The van der Waals surface area contributed by atoms with Gasteiger partial charge in [0.2, 0.25) is 39.3 Å². The molecule has 13 heteroatoms. The summed E-state index contributed by atoms with van der Waals surface area (Å²) in [4.78, 5) is 19.8. The van der Waals surface area contributed by atoms with Crippen molar-refractivity contribution < 1.29 is 48.5 Å². The molecule has 0 unspecified atom stereocenters. The Balaban J connectivity index is 0.000000850. The molecule has 0 bridgehead atoms. The molecule has 12 nitrogen and oxygen atoms in total. The van der Waals surface area contributed by atoms with Gasteiger partial charge in [0.15, 0.2) is 0 Å². The Morgan fingerprint density at radius 1 is 0.233 bits per heavy atom. The molecule has 0 aliphatic carbocycles. The normalized spacial score (nSPS) is 8.88. The molecule has 1 radical (unpaired) electrons. The van der Waals surface area contributed by atoms with E-state index in [1.54, 1.807) is 42.7 Å². The van der Waals surface area contributed by atoms with E-state index in [9.17, 15) is 0 Å². The molecule has 6 aromatic rings. The summed E-state index contributed by atoms with van der Waals surface area (Å²) in [7, 11) is 9.88. The predicted octanol–water partition coefficient (Wildman–Crippen LogP) is 12.9. The summed E-state index contributed by atoms with van der Waals surface area (Å²) >= 11 is 0. The molecule has 73 heavy (non-hydrogen) atoms. The molecule has 0 spiro atoms. The summed E-state index contributed by atoms with van der Waals surface area (Å²) in [6.45, 7) is 43.2. The van der Waals surface area contributed by atoms with E-state index in [1.807, 2.05) is 146 Å². The second-order valence-corrected chi connectivity index (χ2v) is 14.9. The molecule has 0 fully saturated rings. The van der Waals surface area contributed by atoms with Crippen molar-refractivity contribution in [2.75, 3.05) is 81.9 Å². The van der Waals surface area contributed by atoms with Gasteiger partial charge in [-0.15, -0.1) is 0 Å². The zero-order chi connectivity index (χ0) is 52.9. The Bertz CT molecular complexity index is 2110. The van der Waals surface area contributed by atoms with Crippen LogP contribution in [0.2, 0.25) is 0 Å². The third kappa shape index (κ3) is 31.5. The van der Waals surface area contributed by atoms with E-state index in [2.05, 4.69) is 29.1 Å². The van der Waals surface area contributed by atoms with Crippen LogP contribution >= 0.6 is 0 Å². The summed E-state index contributed by atoms with van der Waals surface area (Å²) in [5.41, 5.74) is 7.12. The van der Waals surface area contributed by atoms with Crippen LogP contribution in [0.25, 0.3) is 29.1 Å². The molecule has 0 aromatic heterocycles. The fraction of sp³-hybridized carbons (Fsp3) is 0.300. The number of nitrogens with zero attached hydrogens (tertiary/aromatic N) is 6. The molecule has 373 valence electrons. The largest absolute Gasteiger partial charge is 6.00 e. The van der Waals surface area contributed by atoms with E-state index in [1.165, 1.54) is 33.4 Å². The molecule has 0 aliphatic heterocycles. The fourth-order valence-electron chi connectivity index (χ4n) is 5.86. The maximum Gasteiger partial charge on any atom is 6.00 e. The van der Waals surface area contributed by atoms with Gasteiger partial charge >= 0.3 is 20.1 Å². The zero-order valence-corrected chi connectivity index (χ0v) is 44.7. The van der Waals surface area contributed by atoms with Crippen molar-refractivity contribution >= 4 is 0 Å². The summed E-state index contributed by atoms with van der Waals surface area (Å²) in [6.07, 6.45) is 4.96. The van der Waals surface area contributed by atoms with Gasteiger partial charge in [-0.2, -0.15) is 0 Å². The number of hydrogen-bond acceptors (Lipinski definition) is 6. The molecule has 0 saturated heterocycles. The van der Waals surface area contributed by atoms with E-state index in [4.69, 9.17) is 67.9 Å². The Labute approximate surface area is 448 Å². The Morgan fingerprint density at radius 3 is 0.425 bits per heavy atom. The number of methoxy groups -OCH3 is 6. The van der Waals surface area contributed by atoms with Crippen molar-refractivity contribution in [3.63, 3.8) is 0 Å². The summed E-state index contributed by atoms with van der Waals surface area (Å²) < 4.78 is 30.1. The van der Waals surface area contributed by atoms with Crippen LogP contribution in [-0.4, -0.2) is 81.9 Å². The van der Waals surface area contributed by atoms with Crippen molar-refractivity contribution in [1.29, 1.82) is 0 Å². The van der Waals surface area contributed by atoms with Crippen molar-refractivity contribution in [2.24, 2.45) is 0 Å². The van der Waals surface area contributed by atoms with Crippen LogP contribution in [0, 0.1) is 39.4 Å². The predicted molar refractivity (Wildman–Crippen MR) is 289 cm³/mol. The van der Waals surface area contributed by atoms with E-state index >= 15 is 0 Å². The molecule has 0 saturated carbocycles. The molecule has 0 amide bonds. The third-order valence-corrected chi connectivity index (χ3v) is 10.0. The summed E-state index contributed by atoms with van der Waals surface area (Å²) in [6, 6.07) is 46.9. The molecular formula is C60H66N6O6Tc+6. The van der Waals surface area contributed by atoms with Crippen molar-refractivity contribution in [1.82, 2.24) is 0 Å². The summed E-state index contributed by atoms with van der Waals surface area (Å²) in [5, 5.41) is 0. The van der Waals surface area contributed by atoms with Gasteiger partial charge in [0.25, 0.3) is 0 Å². The smallest absolute Gasteiger partial charge is 0.497 e. The number of ether oxygens (including phenoxy) is 6. The maximum atomic E-state index is 6.63. The standard InChI is InChI=1S/6C10H11NO.Tc/c6*1-11-8-7-9-3-5-10(12-2)6-4-9;/h6*3-6H,7-8H2,2H3;/q;;;;;;+6. The molecule has 0 N–H and O–H groups in total. The molecule has 0 aliphatic rings. The maximum absolute atomic E-state index is 6.63. The Kier molecular flexibility index (Phi) is 38.7. The molecule has 6 rings (SSSR count). The molecule has 0 atom stereocenters. The third-order valence-electron chi connectivity index (χ3n) is 10.0. The minimum Gasteiger partial charge on any atom is -0.497 e. The van der Waals surface area contributed by atoms with Crippen LogP contribution in [0.4, 0.5) is 0 Å². The zero-order valence-electron chi connectivity index (χ0n) is 42.9. The Hall–Kier alpha value is -8.29. The van der Waals surface area contributed by atoms with E-state index in [0.717, 1.165) is 73.0 Å². The SMILES string of the molecule is [C-]#[N+]CCc1ccc(OC)cc1.[C-]#[N+]CCc1ccc(OC)cc1.[C-]#[N+]CCc1ccc(OC)cc1.[C-]#[N+]CCc1ccc(OC)cc1.[C-]#[N+]CCc1ccc(OC)cc1.[C-]#[N+]CCc1ccc(OC)cc1.[Tc+6]. The van der Waals surface area contributed by atoms with Crippen molar-refractivity contribution in [3.8, 4) is 34.5 Å². The average Bonchev–Trinajstić information content (AvgIpc) is 3.45. The van der Waals surface area contributed by atoms with E-state index in [0.29, 0.717) is 39.3 Å². The van der Waals surface area contributed by atoms with Crippen LogP contribution in [0.15, 0.2) is 146 Å². The minimum atomic E-state index is 0. The average molecular weight is 1070 g/mol. The second kappa shape index (κ2) is 43.7. The van der Waals surface area contributed by atoms with Crippen LogP contribution in [0.5, 0.6) is 34.5 Å². The first-order chi connectivity index (χ1) is 35.2. The first-order valence-corrected chi connectivity index (χ1v) is 23.0. The number of rotatable bonds is 18. The van der Waals surface area contributed by atoms with Gasteiger partial charge in [-0.25, -0.2) is 39.4 Å². The van der Waals surface area contributed by atoms with Crippen molar-refractivity contribution in [3.05, 3.63) is 247 Å². The Morgan fingerprint density at radius 2 is 0.342 bits per heavy atom. The fourth-order valence-corrected chi connectivity index (χ4v) is 5.86. The van der Waals surface area contributed by atoms with Crippen LogP contribution in [0.1, 0.15) is 33.4 Å². The van der Waals surface area contributed by atoms with Crippen LogP contribution in [0.3, 0.4) is 0 Å². The first-order valence-electron chi connectivity index (χ1n) is 23.0. The molecule has 0 heterocycles. The van der Waals surface area contributed by atoms with Gasteiger partial charge in [-0.05, 0) is 106 Å². The second-order valence-electron chi connectivity index (χ2n) is 14.9.